The summed E-state index contributed by atoms with van der Waals surface area (Å²) in [6.45, 7) is 3.43. The lowest BCUT2D eigenvalue weighted by Gasteiger charge is -2.19. The Morgan fingerprint density at radius 1 is 0.960 bits per heavy atom. The van der Waals surface area contributed by atoms with Crippen molar-refractivity contribution in [3.8, 4) is 0 Å². The van der Waals surface area contributed by atoms with Crippen molar-refractivity contribution in [2.75, 3.05) is 38.0 Å². The van der Waals surface area contributed by atoms with E-state index in [9.17, 15) is 13.2 Å². The number of likely N-dealkylation sites (tertiary alicyclic amines) is 1. The van der Waals surface area contributed by atoms with Gasteiger partial charge in [0.05, 0.1) is 11.4 Å². The van der Waals surface area contributed by atoms with Crippen molar-refractivity contribution < 1.29 is 13.2 Å². The van der Waals surface area contributed by atoms with Crippen molar-refractivity contribution in [1.29, 1.82) is 0 Å². The molecular formula is C18H27N3O3S. The molecule has 6 nitrogen and oxygen atoms in total. The zero-order valence-electron chi connectivity index (χ0n) is 14.6. The summed E-state index contributed by atoms with van der Waals surface area (Å²) in [4.78, 5) is 14.7. The first-order valence-corrected chi connectivity index (χ1v) is 10.6. The topological polar surface area (TPSA) is 69.7 Å². The summed E-state index contributed by atoms with van der Waals surface area (Å²) < 4.78 is 26.8. The van der Waals surface area contributed by atoms with E-state index in [0.29, 0.717) is 25.3 Å². The molecule has 1 aromatic carbocycles. The second kappa shape index (κ2) is 8.29. The van der Waals surface area contributed by atoms with Crippen molar-refractivity contribution in [3.05, 3.63) is 24.3 Å². The third kappa shape index (κ3) is 4.80. The molecule has 2 saturated heterocycles. The molecule has 0 bridgehead atoms. The van der Waals surface area contributed by atoms with Crippen molar-refractivity contribution >= 4 is 21.6 Å². The Hall–Kier alpha value is -1.44. The normalized spacial score (nSPS) is 20.3. The van der Waals surface area contributed by atoms with Crippen LogP contribution in [-0.2, 0) is 14.8 Å². The maximum atomic E-state index is 12.6. The maximum Gasteiger partial charge on any atom is 0.243 e. The van der Waals surface area contributed by atoms with Crippen LogP contribution in [0.3, 0.4) is 0 Å². The van der Waals surface area contributed by atoms with Gasteiger partial charge < -0.3 is 5.32 Å². The minimum absolute atomic E-state index is 0.0855. The van der Waals surface area contributed by atoms with Crippen LogP contribution < -0.4 is 5.32 Å². The summed E-state index contributed by atoms with van der Waals surface area (Å²) in [7, 11) is -3.46. The van der Waals surface area contributed by atoms with Crippen molar-refractivity contribution in [3.63, 3.8) is 0 Å². The summed E-state index contributed by atoms with van der Waals surface area (Å²) >= 11 is 0. The van der Waals surface area contributed by atoms with Crippen LogP contribution in [0.5, 0.6) is 0 Å². The molecule has 0 saturated carbocycles. The van der Waals surface area contributed by atoms with Crippen LogP contribution in [0.15, 0.2) is 29.2 Å². The van der Waals surface area contributed by atoms with Gasteiger partial charge in [-0.2, -0.15) is 4.31 Å². The molecule has 0 radical (unpaired) electrons. The summed E-state index contributed by atoms with van der Waals surface area (Å²) in [5.74, 6) is -0.0855. The maximum absolute atomic E-state index is 12.6. The molecule has 2 aliphatic rings. The van der Waals surface area contributed by atoms with Crippen LogP contribution in [-0.4, -0.2) is 56.3 Å². The van der Waals surface area contributed by atoms with Gasteiger partial charge in [0, 0.05) is 18.8 Å². The molecule has 1 aromatic rings. The van der Waals surface area contributed by atoms with E-state index in [-0.39, 0.29) is 10.8 Å². The van der Waals surface area contributed by atoms with Gasteiger partial charge in [0.2, 0.25) is 15.9 Å². The number of hydrogen-bond donors (Lipinski definition) is 1. The number of sulfonamides is 1. The molecule has 2 fully saturated rings. The number of anilines is 1. The van der Waals surface area contributed by atoms with E-state index in [1.807, 2.05) is 0 Å². The molecule has 7 heteroatoms. The average molecular weight is 365 g/mol. The van der Waals surface area contributed by atoms with Gasteiger partial charge in [0.25, 0.3) is 0 Å². The van der Waals surface area contributed by atoms with Gasteiger partial charge in [-0.1, -0.05) is 18.9 Å². The van der Waals surface area contributed by atoms with Crippen LogP contribution in [0.1, 0.15) is 38.5 Å². The smallest absolute Gasteiger partial charge is 0.243 e. The van der Waals surface area contributed by atoms with E-state index in [1.54, 1.807) is 24.3 Å². The van der Waals surface area contributed by atoms with Gasteiger partial charge in [-0.05, 0) is 57.0 Å². The zero-order chi connectivity index (χ0) is 17.7. The number of nitrogens with zero attached hydrogens (tertiary/aromatic N) is 2. The van der Waals surface area contributed by atoms with Crippen LogP contribution in [0.2, 0.25) is 0 Å². The van der Waals surface area contributed by atoms with Gasteiger partial charge in [-0.3, -0.25) is 9.69 Å². The Morgan fingerprint density at radius 3 is 2.28 bits per heavy atom. The molecule has 3 rings (SSSR count). The molecule has 25 heavy (non-hydrogen) atoms. The number of hydrogen-bond acceptors (Lipinski definition) is 4. The van der Waals surface area contributed by atoms with E-state index in [2.05, 4.69) is 10.2 Å². The van der Waals surface area contributed by atoms with E-state index in [0.717, 1.165) is 38.8 Å². The third-order valence-corrected chi connectivity index (χ3v) is 6.78. The van der Waals surface area contributed by atoms with Crippen LogP contribution in [0.4, 0.5) is 5.69 Å². The lowest BCUT2D eigenvalue weighted by atomic mass is 10.2. The monoisotopic (exact) mass is 365 g/mol. The van der Waals surface area contributed by atoms with E-state index >= 15 is 0 Å². The number of rotatable bonds is 5. The lowest BCUT2D eigenvalue weighted by molar-refractivity contribution is -0.117. The zero-order valence-corrected chi connectivity index (χ0v) is 15.4. The van der Waals surface area contributed by atoms with E-state index in [4.69, 9.17) is 0 Å². The third-order valence-electron chi connectivity index (χ3n) is 4.89. The van der Waals surface area contributed by atoms with Gasteiger partial charge >= 0.3 is 0 Å². The van der Waals surface area contributed by atoms with E-state index in [1.165, 1.54) is 17.1 Å². The highest BCUT2D eigenvalue weighted by molar-refractivity contribution is 7.89. The highest BCUT2D eigenvalue weighted by Gasteiger charge is 2.27. The summed E-state index contributed by atoms with van der Waals surface area (Å²) in [5, 5.41) is 2.85. The first-order valence-electron chi connectivity index (χ1n) is 9.18. The Labute approximate surface area is 150 Å². The number of benzene rings is 1. The molecule has 0 unspecified atom stereocenters. The fraction of sp³-hybridized carbons (Fsp3) is 0.611. The predicted molar refractivity (Wildman–Crippen MR) is 98.0 cm³/mol. The SMILES string of the molecule is O=C(CN1CCCCCC1)Nc1cccc(S(=O)(=O)N2CCCC2)c1. The van der Waals surface area contributed by atoms with E-state index < -0.39 is 10.0 Å². The molecule has 0 aliphatic carbocycles. The number of amides is 1. The first-order chi connectivity index (χ1) is 12.1. The Kier molecular flexibility index (Phi) is 6.09. The molecule has 2 heterocycles. The van der Waals surface area contributed by atoms with Gasteiger partial charge in [0.1, 0.15) is 0 Å². The van der Waals surface area contributed by atoms with Crippen LogP contribution in [0, 0.1) is 0 Å². The van der Waals surface area contributed by atoms with Crippen molar-refractivity contribution in [2.45, 2.75) is 43.4 Å². The largest absolute Gasteiger partial charge is 0.325 e. The lowest BCUT2D eigenvalue weighted by Crippen LogP contribution is -2.34. The minimum atomic E-state index is -3.46. The van der Waals surface area contributed by atoms with Crippen molar-refractivity contribution in [2.24, 2.45) is 0 Å². The van der Waals surface area contributed by atoms with Gasteiger partial charge in [-0.15, -0.1) is 0 Å². The Bertz CT molecular complexity index is 691. The summed E-state index contributed by atoms with van der Waals surface area (Å²) in [6.07, 6.45) is 6.55. The highest BCUT2D eigenvalue weighted by atomic mass is 32.2. The fourth-order valence-corrected chi connectivity index (χ4v) is 5.07. The number of carbonyl (C=O) groups is 1. The highest BCUT2D eigenvalue weighted by Crippen LogP contribution is 2.23. The molecule has 0 spiro atoms. The Balaban J connectivity index is 1.64. The molecule has 1 amide bonds. The van der Waals surface area contributed by atoms with Crippen LogP contribution >= 0.6 is 0 Å². The molecule has 0 aromatic heterocycles. The number of carbonyl (C=O) groups excluding carboxylic acids is 1. The Morgan fingerprint density at radius 2 is 1.60 bits per heavy atom. The molecule has 1 N–H and O–H groups in total. The summed E-state index contributed by atoms with van der Waals surface area (Å²) in [6, 6.07) is 6.58. The minimum Gasteiger partial charge on any atom is -0.325 e. The van der Waals surface area contributed by atoms with Gasteiger partial charge in [-0.25, -0.2) is 8.42 Å². The standard InChI is InChI=1S/C18H27N3O3S/c22-18(15-20-10-3-1-2-4-11-20)19-16-8-7-9-17(14-16)25(23,24)21-12-5-6-13-21/h7-9,14H,1-6,10-13,15H2,(H,19,22). The molecular weight excluding hydrogens is 338 g/mol. The molecule has 138 valence electrons. The summed E-state index contributed by atoms with van der Waals surface area (Å²) in [5.41, 5.74) is 0.542. The predicted octanol–water partition coefficient (Wildman–Crippen LogP) is 2.29. The average Bonchev–Trinajstić information content (AvgIpc) is 3.02. The quantitative estimate of drug-likeness (QED) is 0.869. The second-order valence-corrected chi connectivity index (χ2v) is 8.82. The van der Waals surface area contributed by atoms with Crippen molar-refractivity contribution in [1.82, 2.24) is 9.21 Å². The number of nitrogens with one attached hydrogen (secondary N) is 1. The second-order valence-electron chi connectivity index (χ2n) is 6.88. The first kappa shape index (κ1) is 18.4. The molecule has 2 aliphatic heterocycles. The van der Waals surface area contributed by atoms with Crippen LogP contribution in [0.25, 0.3) is 0 Å². The molecule has 0 atom stereocenters. The fourth-order valence-electron chi connectivity index (χ4n) is 3.51. The van der Waals surface area contributed by atoms with Gasteiger partial charge in [0.15, 0.2) is 0 Å².